The van der Waals surface area contributed by atoms with Gasteiger partial charge in [0.2, 0.25) is 5.91 Å². The number of hydrogen-bond donors (Lipinski definition) is 0. The summed E-state index contributed by atoms with van der Waals surface area (Å²) in [6.07, 6.45) is 8.36. The van der Waals surface area contributed by atoms with Gasteiger partial charge in [0, 0.05) is 42.9 Å². The smallest absolute Gasteiger partial charge is 0.306 e. The van der Waals surface area contributed by atoms with Gasteiger partial charge >= 0.3 is 5.97 Å². The highest BCUT2D eigenvalue weighted by Gasteiger charge is 2.43. The number of carbonyl (C=O) groups excluding carboxylic acids is 2. The van der Waals surface area contributed by atoms with E-state index in [9.17, 15) is 9.59 Å². The van der Waals surface area contributed by atoms with Gasteiger partial charge in [-0.15, -0.1) is 0 Å². The van der Waals surface area contributed by atoms with Crippen molar-refractivity contribution in [2.45, 2.75) is 76.9 Å². The molecule has 6 heteroatoms. The van der Waals surface area contributed by atoms with Gasteiger partial charge in [-0.05, 0) is 85.0 Å². The average molecular weight is 526 g/mol. The van der Waals surface area contributed by atoms with Gasteiger partial charge in [0.05, 0.1) is 19.6 Å². The largest absolute Gasteiger partial charge is 0.469 e. The fourth-order valence-corrected chi connectivity index (χ4v) is 7.37. The summed E-state index contributed by atoms with van der Waals surface area (Å²) in [5, 5.41) is 0. The van der Waals surface area contributed by atoms with Crippen LogP contribution >= 0.6 is 0 Å². The van der Waals surface area contributed by atoms with Gasteiger partial charge in [-0.1, -0.05) is 43.3 Å². The summed E-state index contributed by atoms with van der Waals surface area (Å²) in [5.41, 5.74) is 10.6. The SMILES string of the molecule is COC(=O)C[C@@H](C)C(=O)N1CCCC[C@H]1C1=NC=C(c2ccc(-c3ccc(C)c4c3C3CCC4N3C)cc2)C1. The van der Waals surface area contributed by atoms with Gasteiger partial charge in [0.25, 0.3) is 0 Å². The molecule has 0 aliphatic carbocycles. The number of carbonyl (C=O) groups is 2. The van der Waals surface area contributed by atoms with E-state index in [0.717, 1.165) is 37.9 Å². The Kier molecular flexibility index (Phi) is 6.92. The summed E-state index contributed by atoms with van der Waals surface area (Å²) in [4.78, 5) is 34.3. The van der Waals surface area contributed by atoms with Crippen LogP contribution < -0.4 is 0 Å². The van der Waals surface area contributed by atoms with Crippen LogP contribution in [-0.4, -0.2) is 54.1 Å². The van der Waals surface area contributed by atoms with E-state index in [-0.39, 0.29) is 24.3 Å². The first kappa shape index (κ1) is 26.0. The van der Waals surface area contributed by atoms with Crippen molar-refractivity contribution in [2.75, 3.05) is 20.7 Å². The van der Waals surface area contributed by atoms with E-state index < -0.39 is 5.92 Å². The molecule has 2 aromatic rings. The molecule has 2 unspecified atom stereocenters. The standard InChI is InChI=1S/C33H39N3O3/c1-20-8-13-25(32-29-15-14-28(31(20)32)35(29)3)23-11-9-22(10-12-23)24-18-26(34-19-24)27-7-5-6-16-36(27)33(38)21(2)17-30(37)39-4/h8-13,19,21,27-29H,5-7,14-18H2,1-4H3/t21-,27+,28?,29?/m1/s1. The van der Waals surface area contributed by atoms with Crippen molar-refractivity contribution in [3.63, 3.8) is 0 Å². The predicted molar refractivity (Wildman–Crippen MR) is 154 cm³/mol. The molecule has 39 heavy (non-hydrogen) atoms. The highest BCUT2D eigenvalue weighted by Crippen LogP contribution is 2.55. The molecule has 2 saturated heterocycles. The van der Waals surface area contributed by atoms with Gasteiger partial charge in [0.1, 0.15) is 0 Å². The van der Waals surface area contributed by atoms with Crippen LogP contribution in [0.15, 0.2) is 47.6 Å². The molecular formula is C33H39N3O3. The normalized spacial score (nSPS) is 24.8. The second-order valence-corrected chi connectivity index (χ2v) is 11.8. The zero-order valence-corrected chi connectivity index (χ0v) is 23.6. The van der Waals surface area contributed by atoms with Crippen molar-refractivity contribution < 1.29 is 14.3 Å². The molecule has 4 heterocycles. The molecule has 0 spiro atoms. The second kappa shape index (κ2) is 10.4. The van der Waals surface area contributed by atoms with E-state index in [1.54, 1.807) is 5.56 Å². The molecule has 0 saturated carbocycles. The summed E-state index contributed by atoms with van der Waals surface area (Å²) < 4.78 is 4.79. The number of piperidine rings is 1. The fourth-order valence-electron chi connectivity index (χ4n) is 7.37. The first-order valence-electron chi connectivity index (χ1n) is 14.5. The molecule has 1 amide bonds. The Morgan fingerprint density at radius 3 is 2.44 bits per heavy atom. The minimum absolute atomic E-state index is 0.00179. The third-order valence-electron chi connectivity index (χ3n) is 9.49. The van der Waals surface area contributed by atoms with Crippen LogP contribution in [0.25, 0.3) is 16.7 Å². The first-order chi connectivity index (χ1) is 18.9. The van der Waals surface area contributed by atoms with Crippen molar-refractivity contribution in [3.8, 4) is 11.1 Å². The van der Waals surface area contributed by atoms with Crippen LogP contribution in [0.2, 0.25) is 0 Å². The highest BCUT2D eigenvalue weighted by atomic mass is 16.5. The Morgan fingerprint density at radius 2 is 1.69 bits per heavy atom. The number of esters is 1. The lowest BCUT2D eigenvalue weighted by molar-refractivity contribution is -0.147. The Morgan fingerprint density at radius 1 is 0.974 bits per heavy atom. The Bertz CT molecular complexity index is 1360. The molecule has 4 aliphatic heterocycles. The maximum Gasteiger partial charge on any atom is 0.306 e. The van der Waals surface area contributed by atoms with E-state index in [1.165, 1.54) is 53.3 Å². The highest BCUT2D eigenvalue weighted by molar-refractivity contribution is 6.03. The van der Waals surface area contributed by atoms with E-state index >= 15 is 0 Å². The lowest BCUT2D eigenvalue weighted by Crippen LogP contribution is -2.49. The third-order valence-corrected chi connectivity index (χ3v) is 9.49. The van der Waals surface area contributed by atoms with Crippen molar-refractivity contribution in [1.29, 1.82) is 0 Å². The number of rotatable bonds is 6. The molecule has 0 N–H and O–H groups in total. The van der Waals surface area contributed by atoms with Crippen LogP contribution in [0.1, 0.15) is 86.2 Å². The number of fused-ring (bicyclic) bond motifs is 5. The van der Waals surface area contributed by atoms with Gasteiger partial charge in [-0.3, -0.25) is 19.5 Å². The number of allylic oxidation sites excluding steroid dienone is 1. The second-order valence-electron chi connectivity index (χ2n) is 11.8. The van der Waals surface area contributed by atoms with Gasteiger partial charge < -0.3 is 9.64 Å². The summed E-state index contributed by atoms with van der Waals surface area (Å²) in [7, 11) is 3.64. The zero-order chi connectivity index (χ0) is 27.3. The Hall–Kier alpha value is -3.25. The van der Waals surface area contributed by atoms with E-state index in [1.807, 2.05) is 18.0 Å². The monoisotopic (exact) mass is 525 g/mol. The number of aliphatic imine (C=N–C) groups is 1. The fraction of sp³-hybridized carbons (Fsp3) is 0.485. The van der Waals surface area contributed by atoms with E-state index in [2.05, 4.69) is 55.3 Å². The Balaban J connectivity index is 1.17. The number of ether oxygens (including phenoxy) is 1. The molecule has 0 radical (unpaired) electrons. The molecule has 204 valence electrons. The van der Waals surface area contributed by atoms with E-state index in [0.29, 0.717) is 12.1 Å². The lowest BCUT2D eigenvalue weighted by atomic mass is 9.83. The minimum atomic E-state index is -0.391. The van der Waals surface area contributed by atoms with Crippen molar-refractivity contribution >= 4 is 23.2 Å². The molecule has 2 bridgehead atoms. The van der Waals surface area contributed by atoms with Crippen LogP contribution in [0.5, 0.6) is 0 Å². The topological polar surface area (TPSA) is 62.2 Å². The summed E-state index contributed by atoms with van der Waals surface area (Å²) in [6.45, 7) is 4.79. The van der Waals surface area contributed by atoms with Gasteiger partial charge in [0.15, 0.2) is 0 Å². The molecule has 6 nitrogen and oxygen atoms in total. The quantitative estimate of drug-likeness (QED) is 0.418. The first-order valence-corrected chi connectivity index (χ1v) is 14.5. The lowest BCUT2D eigenvalue weighted by Gasteiger charge is -2.37. The summed E-state index contributed by atoms with van der Waals surface area (Å²) in [5.74, 6) is -0.709. The van der Waals surface area contributed by atoms with Crippen molar-refractivity contribution in [1.82, 2.24) is 9.80 Å². The molecular weight excluding hydrogens is 486 g/mol. The zero-order valence-electron chi connectivity index (χ0n) is 23.6. The molecule has 4 atom stereocenters. The maximum atomic E-state index is 13.3. The molecule has 0 aromatic heterocycles. The van der Waals surface area contributed by atoms with Crippen LogP contribution in [-0.2, 0) is 14.3 Å². The molecule has 6 rings (SSSR count). The third kappa shape index (κ3) is 4.53. The predicted octanol–water partition coefficient (Wildman–Crippen LogP) is 6.25. The number of amides is 1. The van der Waals surface area contributed by atoms with Crippen molar-refractivity contribution in [2.24, 2.45) is 10.9 Å². The molecule has 2 aromatic carbocycles. The Labute approximate surface area is 231 Å². The van der Waals surface area contributed by atoms with Crippen molar-refractivity contribution in [3.05, 3.63) is 64.9 Å². The number of methoxy groups -OCH3 is 1. The molecule has 4 aliphatic rings. The number of hydrogen-bond acceptors (Lipinski definition) is 5. The van der Waals surface area contributed by atoms with Gasteiger partial charge in [-0.2, -0.15) is 0 Å². The average Bonchev–Trinajstić information content (AvgIpc) is 3.67. The minimum Gasteiger partial charge on any atom is -0.469 e. The van der Waals surface area contributed by atoms with Crippen LogP contribution in [0.4, 0.5) is 0 Å². The molecule has 2 fully saturated rings. The van der Waals surface area contributed by atoms with E-state index in [4.69, 9.17) is 9.73 Å². The summed E-state index contributed by atoms with van der Waals surface area (Å²) in [6, 6.07) is 14.7. The van der Waals surface area contributed by atoms with Crippen LogP contribution in [0.3, 0.4) is 0 Å². The number of aryl methyl sites for hydroxylation is 1. The number of nitrogens with zero attached hydrogens (tertiary/aromatic N) is 3. The maximum absolute atomic E-state index is 13.3. The van der Waals surface area contributed by atoms with Crippen LogP contribution in [0, 0.1) is 12.8 Å². The number of benzene rings is 2. The summed E-state index contributed by atoms with van der Waals surface area (Å²) >= 11 is 0. The number of likely N-dealkylation sites (tertiary alicyclic amines) is 1. The van der Waals surface area contributed by atoms with Gasteiger partial charge in [-0.25, -0.2) is 0 Å².